The summed E-state index contributed by atoms with van der Waals surface area (Å²) in [5.74, 6) is -0.459. The van der Waals surface area contributed by atoms with Crippen LogP contribution in [0.4, 0.5) is 4.39 Å². The zero-order valence-corrected chi connectivity index (χ0v) is 10.2. The quantitative estimate of drug-likeness (QED) is 0.604. The van der Waals surface area contributed by atoms with Crippen molar-refractivity contribution in [1.82, 2.24) is 4.90 Å². The Morgan fingerprint density at radius 2 is 1.83 bits per heavy atom. The predicted octanol–water partition coefficient (Wildman–Crippen LogP) is 2.70. The standard InChI is InChI=1S/C14H12FN3/c1-18(2)8-7-12(11(9-16)10-17)13-5-3-4-6-14(13)15/h3-8H,1-2H3/b8-7+. The van der Waals surface area contributed by atoms with Gasteiger partial charge in [0.2, 0.25) is 0 Å². The summed E-state index contributed by atoms with van der Waals surface area (Å²) >= 11 is 0. The third-order valence-corrected chi connectivity index (χ3v) is 2.20. The number of hydrogen-bond donors (Lipinski definition) is 0. The van der Waals surface area contributed by atoms with Crippen LogP contribution in [0.3, 0.4) is 0 Å². The Morgan fingerprint density at radius 3 is 2.33 bits per heavy atom. The van der Waals surface area contributed by atoms with Gasteiger partial charge in [0.05, 0.1) is 0 Å². The molecule has 0 bridgehead atoms. The Kier molecular flexibility index (Phi) is 4.66. The minimum Gasteiger partial charge on any atom is -0.383 e. The molecule has 1 rings (SSSR count). The van der Waals surface area contributed by atoms with Gasteiger partial charge in [-0.1, -0.05) is 18.2 Å². The molecule has 0 N–H and O–H groups in total. The first-order valence-electron chi connectivity index (χ1n) is 5.24. The maximum absolute atomic E-state index is 13.7. The smallest absolute Gasteiger partial charge is 0.137 e. The van der Waals surface area contributed by atoms with E-state index in [1.165, 1.54) is 6.07 Å². The zero-order chi connectivity index (χ0) is 13.5. The van der Waals surface area contributed by atoms with Crippen molar-refractivity contribution < 1.29 is 4.39 Å². The van der Waals surface area contributed by atoms with Crippen LogP contribution in [-0.2, 0) is 0 Å². The molecule has 0 saturated carbocycles. The minimum atomic E-state index is -0.459. The Labute approximate surface area is 106 Å². The van der Waals surface area contributed by atoms with Gasteiger partial charge in [0, 0.05) is 25.2 Å². The average molecular weight is 241 g/mol. The summed E-state index contributed by atoms with van der Waals surface area (Å²) in [5, 5.41) is 17.8. The maximum Gasteiger partial charge on any atom is 0.137 e. The summed E-state index contributed by atoms with van der Waals surface area (Å²) < 4.78 is 13.7. The molecule has 0 heterocycles. The van der Waals surface area contributed by atoms with Crippen LogP contribution >= 0.6 is 0 Å². The van der Waals surface area contributed by atoms with Gasteiger partial charge in [0.1, 0.15) is 23.5 Å². The Hall–Kier alpha value is -2.59. The normalized spacial score (nSPS) is 9.61. The summed E-state index contributed by atoms with van der Waals surface area (Å²) in [4.78, 5) is 1.74. The van der Waals surface area contributed by atoms with Crippen molar-refractivity contribution in [2.24, 2.45) is 0 Å². The van der Waals surface area contributed by atoms with Crippen molar-refractivity contribution in [2.45, 2.75) is 0 Å². The van der Waals surface area contributed by atoms with Gasteiger partial charge >= 0.3 is 0 Å². The summed E-state index contributed by atoms with van der Waals surface area (Å²) in [6, 6.07) is 9.63. The van der Waals surface area contributed by atoms with E-state index in [0.29, 0.717) is 0 Å². The van der Waals surface area contributed by atoms with Crippen LogP contribution in [0.1, 0.15) is 5.56 Å². The van der Waals surface area contributed by atoms with E-state index in [1.54, 1.807) is 61.6 Å². The molecule has 0 aromatic heterocycles. The van der Waals surface area contributed by atoms with Crippen LogP contribution in [0.5, 0.6) is 0 Å². The van der Waals surface area contributed by atoms with Gasteiger partial charge in [0.15, 0.2) is 0 Å². The van der Waals surface area contributed by atoms with E-state index in [9.17, 15) is 4.39 Å². The monoisotopic (exact) mass is 241 g/mol. The van der Waals surface area contributed by atoms with Crippen LogP contribution < -0.4 is 0 Å². The lowest BCUT2D eigenvalue weighted by molar-refractivity contribution is 0.564. The highest BCUT2D eigenvalue weighted by atomic mass is 19.1. The molecule has 0 unspecified atom stereocenters. The highest BCUT2D eigenvalue weighted by molar-refractivity contribution is 5.82. The Bertz CT molecular complexity index is 555. The van der Waals surface area contributed by atoms with Crippen LogP contribution in [-0.4, -0.2) is 19.0 Å². The molecule has 1 aromatic rings. The lowest BCUT2D eigenvalue weighted by atomic mass is 10.0. The first-order valence-corrected chi connectivity index (χ1v) is 5.24. The number of hydrogen-bond acceptors (Lipinski definition) is 3. The van der Waals surface area contributed by atoms with E-state index in [4.69, 9.17) is 10.5 Å². The molecule has 1 aromatic carbocycles. The number of rotatable bonds is 3. The van der Waals surface area contributed by atoms with Gasteiger partial charge in [0.25, 0.3) is 0 Å². The van der Waals surface area contributed by atoms with E-state index < -0.39 is 5.82 Å². The molecule has 0 atom stereocenters. The van der Waals surface area contributed by atoms with E-state index in [2.05, 4.69) is 0 Å². The predicted molar refractivity (Wildman–Crippen MR) is 67.4 cm³/mol. The molecule has 0 saturated heterocycles. The SMILES string of the molecule is CN(C)/C=C/C(=C(C#N)C#N)c1ccccc1F. The van der Waals surface area contributed by atoms with Crippen LogP contribution in [0, 0.1) is 28.5 Å². The van der Waals surface area contributed by atoms with Crippen molar-refractivity contribution in [3.8, 4) is 12.1 Å². The second-order valence-electron chi connectivity index (χ2n) is 3.77. The zero-order valence-electron chi connectivity index (χ0n) is 10.2. The van der Waals surface area contributed by atoms with Gasteiger partial charge in [-0.05, 0) is 18.3 Å². The number of benzene rings is 1. The summed E-state index contributed by atoms with van der Waals surface area (Å²) in [6.45, 7) is 0. The average Bonchev–Trinajstić information content (AvgIpc) is 2.35. The fourth-order valence-corrected chi connectivity index (χ4v) is 1.36. The minimum absolute atomic E-state index is 0.113. The van der Waals surface area contributed by atoms with Crippen molar-refractivity contribution in [2.75, 3.05) is 14.1 Å². The lowest BCUT2D eigenvalue weighted by Crippen LogP contribution is -2.01. The topological polar surface area (TPSA) is 50.8 Å². The van der Waals surface area contributed by atoms with Gasteiger partial charge in [-0.25, -0.2) is 4.39 Å². The number of allylic oxidation sites excluding steroid dienone is 3. The Balaban J connectivity index is 3.42. The molecule has 0 aliphatic rings. The number of nitriles is 2. The van der Waals surface area contributed by atoms with Gasteiger partial charge in [-0.15, -0.1) is 0 Å². The molecule has 0 fully saturated rings. The lowest BCUT2D eigenvalue weighted by Gasteiger charge is -2.07. The molecule has 0 aliphatic heterocycles. The highest BCUT2D eigenvalue weighted by Crippen LogP contribution is 2.22. The maximum atomic E-state index is 13.7. The van der Waals surface area contributed by atoms with Crippen molar-refractivity contribution in [3.05, 3.63) is 53.5 Å². The fourth-order valence-electron chi connectivity index (χ4n) is 1.36. The number of nitrogens with zero attached hydrogens (tertiary/aromatic N) is 3. The second kappa shape index (κ2) is 6.22. The van der Waals surface area contributed by atoms with Crippen molar-refractivity contribution >= 4 is 5.57 Å². The van der Waals surface area contributed by atoms with Crippen LogP contribution in [0.15, 0.2) is 42.1 Å². The molecule has 90 valence electrons. The first-order chi connectivity index (χ1) is 8.60. The van der Waals surface area contributed by atoms with Crippen LogP contribution in [0.2, 0.25) is 0 Å². The molecule has 3 nitrogen and oxygen atoms in total. The summed E-state index contributed by atoms with van der Waals surface area (Å²) in [5.41, 5.74) is 0.415. The third-order valence-electron chi connectivity index (χ3n) is 2.20. The molecule has 4 heteroatoms. The highest BCUT2D eigenvalue weighted by Gasteiger charge is 2.10. The van der Waals surface area contributed by atoms with E-state index in [1.807, 2.05) is 0 Å². The van der Waals surface area contributed by atoms with Crippen molar-refractivity contribution in [3.63, 3.8) is 0 Å². The molecule has 0 spiro atoms. The molecular weight excluding hydrogens is 229 g/mol. The number of halogens is 1. The van der Waals surface area contributed by atoms with Crippen molar-refractivity contribution in [1.29, 1.82) is 10.5 Å². The molecular formula is C14H12FN3. The summed E-state index contributed by atoms with van der Waals surface area (Å²) in [6.07, 6.45) is 3.22. The Morgan fingerprint density at radius 1 is 1.22 bits per heavy atom. The summed E-state index contributed by atoms with van der Waals surface area (Å²) in [7, 11) is 3.60. The fraction of sp³-hybridized carbons (Fsp3) is 0.143. The van der Waals surface area contributed by atoms with Gasteiger partial charge in [-0.3, -0.25) is 0 Å². The first kappa shape index (κ1) is 13.5. The third kappa shape index (κ3) is 3.20. The molecule has 0 amide bonds. The molecule has 18 heavy (non-hydrogen) atoms. The van der Waals surface area contributed by atoms with E-state index in [0.717, 1.165) is 0 Å². The van der Waals surface area contributed by atoms with Gasteiger partial charge in [-0.2, -0.15) is 10.5 Å². The molecule has 0 aliphatic carbocycles. The van der Waals surface area contributed by atoms with E-state index in [-0.39, 0.29) is 16.7 Å². The van der Waals surface area contributed by atoms with E-state index >= 15 is 0 Å². The molecule has 0 radical (unpaired) electrons. The second-order valence-corrected chi connectivity index (χ2v) is 3.77. The largest absolute Gasteiger partial charge is 0.383 e. The van der Waals surface area contributed by atoms with Gasteiger partial charge < -0.3 is 4.90 Å². The van der Waals surface area contributed by atoms with Crippen LogP contribution in [0.25, 0.3) is 5.57 Å².